The lowest BCUT2D eigenvalue weighted by atomic mass is 10.1. The molecule has 0 fully saturated rings. The second-order valence-corrected chi connectivity index (χ2v) is 4.79. The first kappa shape index (κ1) is 15.0. The van der Waals surface area contributed by atoms with E-state index in [1.165, 1.54) is 18.2 Å². The van der Waals surface area contributed by atoms with Gasteiger partial charge in [-0.05, 0) is 38.1 Å². The van der Waals surface area contributed by atoms with Gasteiger partial charge in [-0.25, -0.2) is 4.39 Å². The molecule has 1 amide bonds. The average Bonchev–Trinajstić information content (AvgIpc) is 2.47. The number of pyridine rings is 1. The highest BCUT2D eigenvalue weighted by molar-refractivity contribution is 5.99. The molecule has 4 nitrogen and oxygen atoms in total. The van der Waals surface area contributed by atoms with E-state index >= 15 is 0 Å². The Morgan fingerprint density at radius 3 is 2.67 bits per heavy atom. The van der Waals surface area contributed by atoms with Crippen LogP contribution in [0, 0.1) is 12.7 Å². The summed E-state index contributed by atoms with van der Waals surface area (Å²) in [7, 11) is 0. The number of rotatable bonds is 4. The first-order valence-electron chi connectivity index (χ1n) is 6.78. The largest absolute Gasteiger partial charge is 0.396 e. The minimum Gasteiger partial charge on any atom is -0.396 e. The summed E-state index contributed by atoms with van der Waals surface area (Å²) >= 11 is 0. The number of carbonyl (C=O) groups is 1. The van der Waals surface area contributed by atoms with Crippen molar-refractivity contribution >= 4 is 11.6 Å². The van der Waals surface area contributed by atoms with Crippen LogP contribution in [-0.2, 0) is 6.54 Å². The third-order valence-electron chi connectivity index (χ3n) is 3.25. The lowest BCUT2D eigenvalue weighted by molar-refractivity contribution is 0.0751. The summed E-state index contributed by atoms with van der Waals surface area (Å²) < 4.78 is 13.5. The number of amides is 1. The number of anilines is 1. The van der Waals surface area contributed by atoms with Crippen LogP contribution in [0.4, 0.5) is 10.1 Å². The predicted octanol–water partition coefficient (Wildman–Crippen LogP) is 2.77. The van der Waals surface area contributed by atoms with Crippen molar-refractivity contribution in [2.24, 2.45) is 0 Å². The lowest BCUT2D eigenvalue weighted by Crippen LogP contribution is -2.31. The Labute approximate surface area is 123 Å². The van der Waals surface area contributed by atoms with Gasteiger partial charge in [0.2, 0.25) is 0 Å². The topological polar surface area (TPSA) is 59.2 Å². The summed E-state index contributed by atoms with van der Waals surface area (Å²) in [5.41, 5.74) is 7.41. The van der Waals surface area contributed by atoms with Gasteiger partial charge in [0.15, 0.2) is 0 Å². The van der Waals surface area contributed by atoms with E-state index in [0.717, 1.165) is 11.4 Å². The maximum absolute atomic E-state index is 13.5. The molecular weight excluding hydrogens is 269 g/mol. The number of nitrogens with two attached hydrogens (primary N) is 1. The molecule has 0 spiro atoms. The van der Waals surface area contributed by atoms with E-state index in [4.69, 9.17) is 5.73 Å². The van der Waals surface area contributed by atoms with E-state index in [9.17, 15) is 9.18 Å². The van der Waals surface area contributed by atoms with E-state index in [1.807, 2.05) is 32.0 Å². The minimum atomic E-state index is -0.578. The van der Waals surface area contributed by atoms with Crippen LogP contribution in [0.5, 0.6) is 0 Å². The zero-order valence-corrected chi connectivity index (χ0v) is 12.1. The first-order valence-corrected chi connectivity index (χ1v) is 6.78. The Bertz CT molecular complexity index is 658. The van der Waals surface area contributed by atoms with Crippen LogP contribution in [0.1, 0.15) is 28.7 Å². The molecule has 0 atom stereocenters. The molecule has 0 aliphatic carbocycles. The van der Waals surface area contributed by atoms with Gasteiger partial charge in [0.1, 0.15) is 5.82 Å². The number of benzene rings is 1. The number of hydrogen-bond donors (Lipinski definition) is 1. The van der Waals surface area contributed by atoms with Crippen LogP contribution >= 0.6 is 0 Å². The normalized spacial score (nSPS) is 10.4. The summed E-state index contributed by atoms with van der Waals surface area (Å²) in [6.07, 6.45) is 0. The Hall–Kier alpha value is -2.43. The molecule has 2 aromatic rings. The van der Waals surface area contributed by atoms with Crippen molar-refractivity contribution in [3.8, 4) is 0 Å². The second-order valence-electron chi connectivity index (χ2n) is 4.79. The Morgan fingerprint density at radius 2 is 2.00 bits per heavy atom. The van der Waals surface area contributed by atoms with E-state index in [1.54, 1.807) is 4.90 Å². The number of aryl methyl sites for hydroxylation is 1. The standard InChI is InChI=1S/C16H18FN3O/c1-3-20(10-12-7-4-6-11(2)19-12)16(21)13-8-5-9-14(17)15(13)18/h4-9H,3,10,18H2,1-2H3. The number of nitrogen functional groups attached to an aromatic ring is 1. The highest BCUT2D eigenvalue weighted by Gasteiger charge is 2.19. The van der Waals surface area contributed by atoms with Gasteiger partial charge in [0.25, 0.3) is 5.91 Å². The number of carbonyl (C=O) groups excluding carboxylic acids is 1. The van der Waals surface area contributed by atoms with Crippen LogP contribution in [0.3, 0.4) is 0 Å². The molecule has 0 aliphatic rings. The van der Waals surface area contributed by atoms with Gasteiger partial charge in [-0.1, -0.05) is 12.1 Å². The Morgan fingerprint density at radius 1 is 1.29 bits per heavy atom. The maximum atomic E-state index is 13.5. The second kappa shape index (κ2) is 6.35. The summed E-state index contributed by atoms with van der Waals surface area (Å²) in [4.78, 5) is 18.5. The zero-order chi connectivity index (χ0) is 15.4. The summed E-state index contributed by atoms with van der Waals surface area (Å²) in [5, 5.41) is 0. The minimum absolute atomic E-state index is 0.113. The maximum Gasteiger partial charge on any atom is 0.256 e. The molecule has 0 unspecified atom stereocenters. The lowest BCUT2D eigenvalue weighted by Gasteiger charge is -2.21. The van der Waals surface area contributed by atoms with E-state index in [-0.39, 0.29) is 17.2 Å². The summed E-state index contributed by atoms with van der Waals surface area (Å²) in [5.74, 6) is -0.872. The first-order chi connectivity index (χ1) is 10.0. The van der Waals surface area contributed by atoms with Crippen molar-refractivity contribution in [2.45, 2.75) is 20.4 Å². The van der Waals surface area contributed by atoms with Gasteiger partial charge < -0.3 is 10.6 Å². The highest BCUT2D eigenvalue weighted by Crippen LogP contribution is 2.18. The van der Waals surface area contributed by atoms with Gasteiger partial charge in [0, 0.05) is 12.2 Å². The molecule has 2 rings (SSSR count). The van der Waals surface area contributed by atoms with Crippen molar-refractivity contribution in [1.82, 2.24) is 9.88 Å². The fourth-order valence-electron chi connectivity index (χ4n) is 2.10. The molecule has 1 aromatic carbocycles. The molecular formula is C16H18FN3O. The van der Waals surface area contributed by atoms with Crippen molar-refractivity contribution in [3.63, 3.8) is 0 Å². The molecule has 110 valence electrons. The summed E-state index contributed by atoms with van der Waals surface area (Å²) in [6, 6.07) is 9.91. The molecule has 0 saturated heterocycles. The molecule has 5 heteroatoms. The molecule has 0 saturated carbocycles. The van der Waals surface area contributed by atoms with E-state index in [0.29, 0.717) is 13.1 Å². The number of nitrogens with zero attached hydrogens (tertiary/aromatic N) is 2. The molecule has 0 bridgehead atoms. The van der Waals surface area contributed by atoms with Crippen LogP contribution in [-0.4, -0.2) is 22.3 Å². The summed E-state index contributed by atoms with van der Waals surface area (Å²) in [6.45, 7) is 4.62. The van der Waals surface area contributed by atoms with Gasteiger partial charge >= 0.3 is 0 Å². The Balaban J connectivity index is 2.25. The average molecular weight is 287 g/mol. The number of hydrogen-bond acceptors (Lipinski definition) is 3. The van der Waals surface area contributed by atoms with Gasteiger partial charge in [-0.15, -0.1) is 0 Å². The van der Waals surface area contributed by atoms with Crippen LogP contribution in [0.25, 0.3) is 0 Å². The van der Waals surface area contributed by atoms with Crippen molar-refractivity contribution in [1.29, 1.82) is 0 Å². The van der Waals surface area contributed by atoms with Crippen LogP contribution < -0.4 is 5.73 Å². The van der Waals surface area contributed by atoms with Crippen molar-refractivity contribution in [2.75, 3.05) is 12.3 Å². The number of para-hydroxylation sites is 1. The molecule has 0 aliphatic heterocycles. The van der Waals surface area contributed by atoms with Crippen molar-refractivity contribution in [3.05, 3.63) is 59.2 Å². The third kappa shape index (κ3) is 3.37. The monoisotopic (exact) mass is 287 g/mol. The van der Waals surface area contributed by atoms with E-state index in [2.05, 4.69) is 4.98 Å². The van der Waals surface area contributed by atoms with Gasteiger partial charge in [-0.2, -0.15) is 0 Å². The smallest absolute Gasteiger partial charge is 0.256 e. The third-order valence-corrected chi connectivity index (χ3v) is 3.25. The molecule has 2 N–H and O–H groups in total. The molecule has 0 radical (unpaired) electrons. The van der Waals surface area contributed by atoms with Crippen molar-refractivity contribution < 1.29 is 9.18 Å². The quantitative estimate of drug-likeness (QED) is 0.880. The Kier molecular flexibility index (Phi) is 4.52. The van der Waals surface area contributed by atoms with E-state index < -0.39 is 5.82 Å². The van der Waals surface area contributed by atoms with Gasteiger partial charge in [-0.3, -0.25) is 9.78 Å². The predicted molar refractivity (Wildman–Crippen MR) is 80.2 cm³/mol. The number of aromatic nitrogens is 1. The molecule has 1 heterocycles. The van der Waals surface area contributed by atoms with Crippen LogP contribution in [0.2, 0.25) is 0 Å². The fraction of sp³-hybridized carbons (Fsp3) is 0.250. The van der Waals surface area contributed by atoms with Crippen LogP contribution in [0.15, 0.2) is 36.4 Å². The number of halogens is 1. The SMILES string of the molecule is CCN(Cc1cccc(C)n1)C(=O)c1cccc(F)c1N. The highest BCUT2D eigenvalue weighted by atomic mass is 19.1. The fourth-order valence-corrected chi connectivity index (χ4v) is 2.10. The molecule has 1 aromatic heterocycles. The zero-order valence-electron chi connectivity index (χ0n) is 12.1. The van der Waals surface area contributed by atoms with Gasteiger partial charge in [0.05, 0.1) is 23.5 Å². The molecule has 21 heavy (non-hydrogen) atoms.